The van der Waals surface area contributed by atoms with Crippen LogP contribution in [0.4, 0.5) is 11.4 Å². The number of rotatable bonds is 6. The molecule has 0 aliphatic carbocycles. The van der Waals surface area contributed by atoms with Crippen molar-refractivity contribution in [1.29, 1.82) is 0 Å². The van der Waals surface area contributed by atoms with E-state index in [0.717, 1.165) is 17.2 Å². The summed E-state index contributed by atoms with van der Waals surface area (Å²) in [7, 11) is -3.94. The maximum Gasteiger partial charge on any atom is 0.270 e. The van der Waals surface area contributed by atoms with Crippen LogP contribution < -0.4 is 4.31 Å². The summed E-state index contributed by atoms with van der Waals surface area (Å²) < 4.78 is 27.1. The van der Waals surface area contributed by atoms with Gasteiger partial charge in [-0.25, -0.2) is 8.42 Å². The normalized spacial score (nSPS) is 11.1. The molecule has 2 aromatic carbocycles. The second-order valence-corrected chi connectivity index (χ2v) is 7.21. The quantitative estimate of drug-likeness (QED) is 0.455. The van der Waals surface area contributed by atoms with Crippen molar-refractivity contribution in [2.45, 2.75) is 18.7 Å². The molecule has 0 radical (unpaired) electrons. The van der Waals surface area contributed by atoms with E-state index in [1.54, 1.807) is 12.1 Å². The maximum absolute atomic E-state index is 12.9. The Hall–Kier alpha value is -2.67. The third kappa shape index (κ3) is 3.46. The number of sulfonamides is 1. The van der Waals surface area contributed by atoms with Crippen LogP contribution in [0.1, 0.15) is 11.1 Å². The van der Waals surface area contributed by atoms with Gasteiger partial charge in [-0.15, -0.1) is 6.58 Å². The molecule has 0 saturated heterocycles. The summed E-state index contributed by atoms with van der Waals surface area (Å²) >= 11 is 0. The van der Waals surface area contributed by atoms with Crippen LogP contribution in [0.3, 0.4) is 0 Å². The highest BCUT2D eigenvalue weighted by atomic mass is 32.2. The van der Waals surface area contributed by atoms with Crippen LogP contribution in [0.2, 0.25) is 0 Å². The highest BCUT2D eigenvalue weighted by molar-refractivity contribution is 7.92. The lowest BCUT2D eigenvalue weighted by Crippen LogP contribution is -2.31. The average Bonchev–Trinajstić information content (AvgIpc) is 2.55. The van der Waals surface area contributed by atoms with E-state index < -0.39 is 14.9 Å². The van der Waals surface area contributed by atoms with Crippen LogP contribution in [0, 0.1) is 24.0 Å². The van der Waals surface area contributed by atoms with Gasteiger partial charge in [-0.3, -0.25) is 14.4 Å². The third-order valence-electron chi connectivity index (χ3n) is 3.69. The SMILES string of the molecule is C=CCN(c1ccc(C)c(C)c1)S(=O)(=O)c1cccc([N+](=O)[O-])c1. The van der Waals surface area contributed by atoms with Gasteiger partial charge in [0, 0.05) is 12.1 Å². The van der Waals surface area contributed by atoms with Crippen LogP contribution >= 0.6 is 0 Å². The Labute approximate surface area is 141 Å². The zero-order valence-electron chi connectivity index (χ0n) is 13.5. The second kappa shape index (κ2) is 6.84. The van der Waals surface area contributed by atoms with E-state index in [4.69, 9.17) is 0 Å². The van der Waals surface area contributed by atoms with Gasteiger partial charge in [0.2, 0.25) is 0 Å². The summed E-state index contributed by atoms with van der Waals surface area (Å²) in [6.07, 6.45) is 1.48. The lowest BCUT2D eigenvalue weighted by molar-refractivity contribution is -0.385. The van der Waals surface area contributed by atoms with Gasteiger partial charge in [-0.05, 0) is 43.2 Å². The van der Waals surface area contributed by atoms with Gasteiger partial charge in [0.15, 0.2) is 0 Å². The molecule has 0 spiro atoms. The molecule has 0 fully saturated rings. The molecule has 7 heteroatoms. The third-order valence-corrected chi connectivity index (χ3v) is 5.48. The van der Waals surface area contributed by atoms with E-state index >= 15 is 0 Å². The van der Waals surface area contributed by atoms with Gasteiger partial charge in [0.05, 0.1) is 22.1 Å². The van der Waals surface area contributed by atoms with Crippen molar-refractivity contribution in [2.75, 3.05) is 10.8 Å². The highest BCUT2D eigenvalue weighted by Gasteiger charge is 2.26. The van der Waals surface area contributed by atoms with Crippen LogP contribution in [0.25, 0.3) is 0 Å². The summed E-state index contributed by atoms with van der Waals surface area (Å²) in [6, 6.07) is 10.3. The molecule has 0 unspecified atom stereocenters. The Kier molecular flexibility index (Phi) is 5.04. The molecule has 2 aromatic rings. The molecule has 0 aliphatic rings. The monoisotopic (exact) mass is 346 g/mol. The summed E-state index contributed by atoms with van der Waals surface area (Å²) in [5, 5.41) is 10.9. The molecule has 6 nitrogen and oxygen atoms in total. The first-order valence-corrected chi connectivity index (χ1v) is 8.66. The minimum absolute atomic E-state index is 0.0630. The number of hydrogen-bond acceptors (Lipinski definition) is 4. The highest BCUT2D eigenvalue weighted by Crippen LogP contribution is 2.27. The van der Waals surface area contributed by atoms with Crippen molar-refractivity contribution >= 4 is 21.4 Å². The molecular weight excluding hydrogens is 328 g/mol. The number of anilines is 1. The number of non-ortho nitro benzene ring substituents is 1. The molecule has 0 saturated carbocycles. The first-order valence-electron chi connectivity index (χ1n) is 7.22. The van der Waals surface area contributed by atoms with Crippen molar-refractivity contribution in [1.82, 2.24) is 0 Å². The molecule has 0 bridgehead atoms. The number of nitro benzene ring substituents is 1. The van der Waals surface area contributed by atoms with Gasteiger partial charge in [0.1, 0.15) is 0 Å². The molecule has 0 amide bonds. The minimum atomic E-state index is -3.94. The summed E-state index contributed by atoms with van der Waals surface area (Å²) in [4.78, 5) is 10.2. The lowest BCUT2D eigenvalue weighted by atomic mass is 10.1. The van der Waals surface area contributed by atoms with Crippen molar-refractivity contribution in [3.63, 3.8) is 0 Å². The molecular formula is C17H18N2O4S. The predicted octanol–water partition coefficient (Wildman–Crippen LogP) is 3.59. The summed E-state index contributed by atoms with van der Waals surface area (Å²) in [6.45, 7) is 7.50. The van der Waals surface area contributed by atoms with E-state index in [1.165, 1.54) is 28.6 Å². The second-order valence-electron chi connectivity index (χ2n) is 5.35. The predicted molar refractivity (Wildman–Crippen MR) is 93.7 cm³/mol. The number of nitro groups is 1. The van der Waals surface area contributed by atoms with Gasteiger partial charge in [-0.2, -0.15) is 0 Å². The van der Waals surface area contributed by atoms with Crippen molar-refractivity contribution in [3.05, 3.63) is 76.4 Å². The van der Waals surface area contributed by atoms with Gasteiger partial charge < -0.3 is 0 Å². The van der Waals surface area contributed by atoms with E-state index in [2.05, 4.69) is 6.58 Å². The Balaban J connectivity index is 2.56. The molecule has 0 aliphatic heterocycles. The van der Waals surface area contributed by atoms with Crippen molar-refractivity contribution in [2.24, 2.45) is 0 Å². The zero-order chi connectivity index (χ0) is 17.9. The molecule has 24 heavy (non-hydrogen) atoms. The Morgan fingerprint density at radius 1 is 1.17 bits per heavy atom. The fourth-order valence-corrected chi connectivity index (χ4v) is 3.69. The van der Waals surface area contributed by atoms with Crippen LogP contribution in [0.15, 0.2) is 60.0 Å². The first kappa shape index (κ1) is 17.7. The smallest absolute Gasteiger partial charge is 0.263 e. The van der Waals surface area contributed by atoms with Crippen molar-refractivity contribution in [3.8, 4) is 0 Å². The van der Waals surface area contributed by atoms with E-state index in [0.29, 0.717) is 5.69 Å². The van der Waals surface area contributed by atoms with E-state index in [-0.39, 0.29) is 17.1 Å². The fourth-order valence-electron chi connectivity index (χ4n) is 2.23. The molecule has 0 N–H and O–H groups in total. The molecule has 126 valence electrons. The van der Waals surface area contributed by atoms with Gasteiger partial charge in [-0.1, -0.05) is 18.2 Å². The first-order chi connectivity index (χ1) is 11.3. The van der Waals surface area contributed by atoms with Crippen molar-refractivity contribution < 1.29 is 13.3 Å². The Morgan fingerprint density at radius 3 is 2.46 bits per heavy atom. The van der Waals surface area contributed by atoms with Gasteiger partial charge in [0.25, 0.3) is 15.7 Å². The average molecular weight is 346 g/mol. The molecule has 0 heterocycles. The van der Waals surface area contributed by atoms with Crippen LogP contribution in [-0.2, 0) is 10.0 Å². The number of hydrogen-bond donors (Lipinski definition) is 0. The summed E-state index contributed by atoms with van der Waals surface area (Å²) in [5.74, 6) is 0. The number of aryl methyl sites for hydroxylation is 2. The topological polar surface area (TPSA) is 80.5 Å². The molecule has 0 aromatic heterocycles. The molecule has 2 rings (SSSR count). The number of nitrogens with zero attached hydrogens (tertiary/aromatic N) is 2. The fraction of sp³-hybridized carbons (Fsp3) is 0.176. The molecule has 0 atom stereocenters. The van der Waals surface area contributed by atoms with Crippen LogP contribution in [0.5, 0.6) is 0 Å². The number of benzene rings is 2. The summed E-state index contributed by atoms with van der Waals surface area (Å²) in [5.41, 5.74) is 2.22. The maximum atomic E-state index is 12.9. The minimum Gasteiger partial charge on any atom is -0.263 e. The lowest BCUT2D eigenvalue weighted by Gasteiger charge is -2.23. The van der Waals surface area contributed by atoms with Gasteiger partial charge >= 0.3 is 0 Å². The van der Waals surface area contributed by atoms with E-state index in [1.807, 2.05) is 19.9 Å². The Bertz CT molecular complexity index is 891. The standard InChI is InChI=1S/C17H18N2O4S/c1-4-10-18(15-9-8-13(2)14(3)11-15)24(22,23)17-7-5-6-16(12-17)19(20)21/h4-9,11-12H,1,10H2,2-3H3. The largest absolute Gasteiger partial charge is 0.270 e. The Morgan fingerprint density at radius 2 is 1.88 bits per heavy atom. The zero-order valence-corrected chi connectivity index (χ0v) is 14.3. The van der Waals surface area contributed by atoms with E-state index in [9.17, 15) is 18.5 Å². The van der Waals surface area contributed by atoms with Crippen LogP contribution in [-0.4, -0.2) is 19.9 Å².